The predicted octanol–water partition coefficient (Wildman–Crippen LogP) is 4.03. The third-order valence-corrected chi connectivity index (χ3v) is 6.84. The molecule has 5 nitrogen and oxygen atoms in total. The molecule has 156 valence electrons. The fourth-order valence-electron chi connectivity index (χ4n) is 5.37. The molecular formula is C24H32N2O3. The number of rotatable bonds is 6. The van der Waals surface area contributed by atoms with Crippen molar-refractivity contribution in [3.63, 3.8) is 0 Å². The molecule has 1 aliphatic carbocycles. The molecule has 1 aromatic heterocycles. The van der Waals surface area contributed by atoms with E-state index in [4.69, 9.17) is 4.74 Å². The number of aromatic nitrogens is 1. The van der Waals surface area contributed by atoms with Crippen LogP contribution in [0.5, 0.6) is 0 Å². The molecular weight excluding hydrogens is 364 g/mol. The lowest BCUT2D eigenvalue weighted by Crippen LogP contribution is -2.40. The molecule has 1 saturated heterocycles. The normalized spacial score (nSPS) is 22.8. The minimum Gasteiger partial charge on any atom is -0.461 e. The van der Waals surface area contributed by atoms with E-state index in [0.717, 1.165) is 29.4 Å². The first-order valence-corrected chi connectivity index (χ1v) is 11.1. The molecule has 2 fully saturated rings. The van der Waals surface area contributed by atoms with Crippen LogP contribution in [-0.2, 0) is 23.0 Å². The summed E-state index contributed by atoms with van der Waals surface area (Å²) in [5.41, 5.74) is 2.53. The van der Waals surface area contributed by atoms with Crippen molar-refractivity contribution in [1.29, 1.82) is 0 Å². The van der Waals surface area contributed by atoms with Gasteiger partial charge in [0, 0.05) is 24.4 Å². The summed E-state index contributed by atoms with van der Waals surface area (Å²) in [6.07, 6.45) is 8.11. The van der Waals surface area contributed by atoms with E-state index in [9.17, 15) is 9.59 Å². The molecule has 0 amide bonds. The number of ether oxygens (including phenoxy) is 1. The van der Waals surface area contributed by atoms with Gasteiger partial charge in [-0.2, -0.15) is 0 Å². The molecule has 4 rings (SSSR count). The van der Waals surface area contributed by atoms with Crippen molar-refractivity contribution < 1.29 is 14.3 Å². The van der Waals surface area contributed by atoms with E-state index in [-0.39, 0.29) is 12.0 Å². The number of carbonyl (C=O) groups is 2. The zero-order valence-electron chi connectivity index (χ0n) is 17.6. The Balaban J connectivity index is 1.49. The standard InChI is InChI=1S/C24H32N2O3/c1-3-29-24(28)21-15-18-13-16(9-10-20(18)26(21)2)14-22(27)23-19(11-12-25-23)17-7-5-4-6-8-17/h9-10,13,15,17,19,23,25H,3-8,11-12,14H2,1-2H3/t19-,23-/m0/s1. The van der Waals surface area contributed by atoms with Crippen molar-refractivity contribution in [2.75, 3.05) is 13.2 Å². The van der Waals surface area contributed by atoms with Crippen molar-refractivity contribution in [3.8, 4) is 0 Å². The van der Waals surface area contributed by atoms with Crippen molar-refractivity contribution in [3.05, 3.63) is 35.5 Å². The number of carbonyl (C=O) groups excluding carboxylic acids is 2. The summed E-state index contributed by atoms with van der Waals surface area (Å²) in [6, 6.07) is 7.92. The maximum atomic E-state index is 13.1. The highest BCUT2D eigenvalue weighted by Gasteiger charge is 2.37. The summed E-state index contributed by atoms with van der Waals surface area (Å²) in [7, 11) is 1.87. The molecule has 0 bridgehead atoms. The Kier molecular flexibility index (Phi) is 6.04. The van der Waals surface area contributed by atoms with Crippen LogP contribution in [0, 0.1) is 11.8 Å². The number of benzene rings is 1. The molecule has 1 saturated carbocycles. The van der Waals surface area contributed by atoms with E-state index in [1.165, 1.54) is 32.1 Å². The molecule has 5 heteroatoms. The van der Waals surface area contributed by atoms with Gasteiger partial charge in [-0.05, 0) is 55.5 Å². The molecule has 2 aliphatic rings. The van der Waals surface area contributed by atoms with Gasteiger partial charge in [0.25, 0.3) is 0 Å². The van der Waals surface area contributed by atoms with Crippen LogP contribution < -0.4 is 5.32 Å². The van der Waals surface area contributed by atoms with Crippen LogP contribution in [0.2, 0.25) is 0 Å². The Morgan fingerprint density at radius 1 is 1.14 bits per heavy atom. The first kappa shape index (κ1) is 20.1. The molecule has 0 spiro atoms. The topological polar surface area (TPSA) is 60.3 Å². The van der Waals surface area contributed by atoms with Gasteiger partial charge in [0.05, 0.1) is 12.6 Å². The maximum Gasteiger partial charge on any atom is 0.354 e. The first-order valence-electron chi connectivity index (χ1n) is 11.1. The van der Waals surface area contributed by atoms with E-state index < -0.39 is 0 Å². The Morgan fingerprint density at radius 2 is 1.93 bits per heavy atom. The number of nitrogens with zero attached hydrogens (tertiary/aromatic N) is 1. The van der Waals surface area contributed by atoms with Crippen LogP contribution in [0.3, 0.4) is 0 Å². The van der Waals surface area contributed by atoms with Crippen LogP contribution in [0.4, 0.5) is 0 Å². The summed E-state index contributed by atoms with van der Waals surface area (Å²) < 4.78 is 7.01. The number of ketones is 1. The summed E-state index contributed by atoms with van der Waals surface area (Å²) >= 11 is 0. The SMILES string of the molecule is CCOC(=O)c1cc2cc(CC(=O)[C@H]3NCC[C@H]3C3CCCCC3)ccc2n1C. The van der Waals surface area contributed by atoms with E-state index in [0.29, 0.717) is 36.3 Å². The van der Waals surface area contributed by atoms with Crippen molar-refractivity contribution >= 4 is 22.7 Å². The Labute approximate surface area is 172 Å². The average molecular weight is 397 g/mol. The molecule has 0 unspecified atom stereocenters. The smallest absolute Gasteiger partial charge is 0.354 e. The van der Waals surface area contributed by atoms with Crippen LogP contribution in [0.1, 0.15) is 61.5 Å². The highest BCUT2D eigenvalue weighted by molar-refractivity contribution is 5.96. The Hall–Kier alpha value is -2.14. The molecule has 0 radical (unpaired) electrons. The lowest BCUT2D eigenvalue weighted by molar-refractivity contribution is -0.121. The van der Waals surface area contributed by atoms with Gasteiger partial charge in [-0.25, -0.2) is 4.79 Å². The summed E-state index contributed by atoms with van der Waals surface area (Å²) in [6.45, 7) is 3.12. The largest absolute Gasteiger partial charge is 0.461 e. The number of esters is 1. The van der Waals surface area contributed by atoms with Gasteiger partial charge in [-0.1, -0.05) is 38.2 Å². The van der Waals surface area contributed by atoms with E-state index in [1.807, 2.05) is 42.8 Å². The fraction of sp³-hybridized carbons (Fsp3) is 0.583. The second-order valence-corrected chi connectivity index (χ2v) is 8.63. The molecule has 1 aliphatic heterocycles. The van der Waals surface area contributed by atoms with Gasteiger partial charge >= 0.3 is 5.97 Å². The average Bonchev–Trinajstić information content (AvgIpc) is 3.34. The van der Waals surface area contributed by atoms with Crippen molar-refractivity contribution in [2.45, 2.75) is 57.9 Å². The number of nitrogens with one attached hydrogen (secondary N) is 1. The van der Waals surface area contributed by atoms with Gasteiger partial charge in [-0.3, -0.25) is 4.79 Å². The molecule has 2 aromatic rings. The number of hydrogen-bond acceptors (Lipinski definition) is 4. The summed E-state index contributed by atoms with van der Waals surface area (Å²) in [5.74, 6) is 1.20. The fourth-order valence-corrected chi connectivity index (χ4v) is 5.37. The maximum absolute atomic E-state index is 13.1. The van der Waals surface area contributed by atoms with Crippen molar-refractivity contribution in [1.82, 2.24) is 9.88 Å². The van der Waals surface area contributed by atoms with Crippen LogP contribution in [-0.4, -0.2) is 35.5 Å². The number of Topliss-reactive ketones (excluding diaryl/α,β-unsaturated/α-hetero) is 1. The summed E-state index contributed by atoms with van der Waals surface area (Å²) in [4.78, 5) is 25.3. The van der Waals surface area contributed by atoms with Gasteiger partial charge < -0.3 is 14.6 Å². The van der Waals surface area contributed by atoms with E-state index in [1.54, 1.807) is 0 Å². The van der Waals surface area contributed by atoms with Crippen LogP contribution in [0.25, 0.3) is 10.9 Å². The second-order valence-electron chi connectivity index (χ2n) is 8.63. The van der Waals surface area contributed by atoms with Gasteiger partial charge in [0.1, 0.15) is 5.69 Å². The molecule has 2 heterocycles. The zero-order chi connectivity index (χ0) is 20.4. The third-order valence-electron chi connectivity index (χ3n) is 6.84. The number of aryl methyl sites for hydroxylation is 1. The number of fused-ring (bicyclic) bond motifs is 1. The monoisotopic (exact) mass is 396 g/mol. The Bertz CT molecular complexity index is 895. The third kappa shape index (κ3) is 4.11. The van der Waals surface area contributed by atoms with E-state index >= 15 is 0 Å². The molecule has 29 heavy (non-hydrogen) atoms. The highest BCUT2D eigenvalue weighted by atomic mass is 16.5. The van der Waals surface area contributed by atoms with Crippen LogP contribution >= 0.6 is 0 Å². The minimum absolute atomic E-state index is 0.000312. The van der Waals surface area contributed by atoms with Gasteiger partial charge in [0.2, 0.25) is 0 Å². The van der Waals surface area contributed by atoms with Crippen molar-refractivity contribution in [2.24, 2.45) is 18.9 Å². The highest BCUT2D eigenvalue weighted by Crippen LogP contribution is 2.36. The predicted molar refractivity (Wildman–Crippen MR) is 114 cm³/mol. The lowest BCUT2D eigenvalue weighted by atomic mass is 9.75. The summed E-state index contributed by atoms with van der Waals surface area (Å²) in [5, 5.41) is 4.46. The van der Waals surface area contributed by atoms with Gasteiger partial charge in [-0.15, -0.1) is 0 Å². The first-order chi connectivity index (χ1) is 14.1. The van der Waals surface area contributed by atoms with Gasteiger partial charge in [0.15, 0.2) is 5.78 Å². The Morgan fingerprint density at radius 3 is 2.69 bits per heavy atom. The quantitative estimate of drug-likeness (QED) is 0.749. The lowest BCUT2D eigenvalue weighted by Gasteiger charge is -2.30. The van der Waals surface area contributed by atoms with E-state index in [2.05, 4.69) is 5.32 Å². The minimum atomic E-state index is -0.311. The number of hydrogen-bond donors (Lipinski definition) is 1. The molecule has 2 atom stereocenters. The van der Waals surface area contributed by atoms with Crippen LogP contribution in [0.15, 0.2) is 24.3 Å². The second kappa shape index (κ2) is 8.70. The molecule has 1 N–H and O–H groups in total. The molecule has 1 aromatic carbocycles. The zero-order valence-corrected chi connectivity index (χ0v) is 17.6.